The summed E-state index contributed by atoms with van der Waals surface area (Å²) in [5.41, 5.74) is 3.55. The van der Waals surface area contributed by atoms with Gasteiger partial charge in [-0.1, -0.05) is 48.0 Å². The Balaban J connectivity index is 1.70. The molecule has 1 N–H and O–H groups in total. The average molecular weight is 332 g/mol. The van der Waals surface area contributed by atoms with Crippen molar-refractivity contribution < 1.29 is 4.79 Å². The van der Waals surface area contributed by atoms with E-state index < -0.39 is 0 Å². The van der Waals surface area contributed by atoms with E-state index in [1.54, 1.807) is 18.0 Å². The number of benzene rings is 2. The SMILES string of the molecule is Cc1ccc(CNc2cc(C(=O)N(C)c3ccccc3)ncn2)cc1. The third kappa shape index (κ3) is 4.20. The maximum atomic E-state index is 12.6. The molecule has 5 nitrogen and oxygen atoms in total. The highest BCUT2D eigenvalue weighted by atomic mass is 16.2. The van der Waals surface area contributed by atoms with Crippen LogP contribution in [0.4, 0.5) is 11.5 Å². The Kier molecular flexibility index (Phi) is 5.04. The summed E-state index contributed by atoms with van der Waals surface area (Å²) in [6, 6.07) is 19.4. The average Bonchev–Trinajstić information content (AvgIpc) is 2.67. The number of carbonyl (C=O) groups is 1. The standard InChI is InChI=1S/C20H20N4O/c1-15-8-10-16(11-9-15)13-21-19-12-18(22-14-23-19)20(25)24(2)17-6-4-3-5-7-17/h3-12,14H,13H2,1-2H3,(H,21,22,23). The van der Waals surface area contributed by atoms with Crippen molar-refractivity contribution in [2.45, 2.75) is 13.5 Å². The van der Waals surface area contributed by atoms with Crippen LogP contribution >= 0.6 is 0 Å². The number of hydrogen-bond donors (Lipinski definition) is 1. The van der Waals surface area contributed by atoms with Crippen LogP contribution < -0.4 is 10.2 Å². The van der Waals surface area contributed by atoms with Gasteiger partial charge in [0.25, 0.3) is 5.91 Å². The minimum absolute atomic E-state index is 0.174. The first kappa shape index (κ1) is 16.6. The minimum atomic E-state index is -0.174. The summed E-state index contributed by atoms with van der Waals surface area (Å²) in [5, 5.41) is 3.23. The van der Waals surface area contributed by atoms with Gasteiger partial charge in [0.2, 0.25) is 0 Å². The van der Waals surface area contributed by atoms with Crippen molar-refractivity contribution in [3.8, 4) is 0 Å². The predicted octanol–water partition coefficient (Wildman–Crippen LogP) is 3.67. The first-order chi connectivity index (χ1) is 12.1. The molecule has 1 aromatic heterocycles. The zero-order chi connectivity index (χ0) is 17.6. The van der Waals surface area contributed by atoms with Crippen molar-refractivity contribution in [2.75, 3.05) is 17.3 Å². The maximum absolute atomic E-state index is 12.6. The lowest BCUT2D eigenvalue weighted by Gasteiger charge is -2.17. The lowest BCUT2D eigenvalue weighted by Crippen LogP contribution is -2.27. The number of rotatable bonds is 5. The highest BCUT2D eigenvalue weighted by Gasteiger charge is 2.15. The van der Waals surface area contributed by atoms with Crippen LogP contribution in [0.1, 0.15) is 21.6 Å². The van der Waals surface area contributed by atoms with Gasteiger partial charge >= 0.3 is 0 Å². The number of aryl methyl sites for hydroxylation is 1. The first-order valence-corrected chi connectivity index (χ1v) is 8.08. The molecule has 25 heavy (non-hydrogen) atoms. The second-order valence-electron chi connectivity index (χ2n) is 5.83. The lowest BCUT2D eigenvalue weighted by molar-refractivity contribution is 0.0988. The molecule has 0 aliphatic carbocycles. The summed E-state index contributed by atoms with van der Waals surface area (Å²) < 4.78 is 0. The summed E-state index contributed by atoms with van der Waals surface area (Å²) in [6.07, 6.45) is 1.41. The van der Waals surface area contributed by atoms with Crippen LogP contribution in [0.15, 0.2) is 67.0 Å². The molecule has 5 heteroatoms. The molecule has 2 aromatic carbocycles. The molecule has 0 atom stereocenters. The third-order valence-electron chi connectivity index (χ3n) is 3.93. The van der Waals surface area contributed by atoms with Gasteiger partial charge in [0, 0.05) is 25.3 Å². The smallest absolute Gasteiger partial charge is 0.276 e. The zero-order valence-electron chi connectivity index (χ0n) is 14.3. The van der Waals surface area contributed by atoms with Crippen LogP contribution in [0.2, 0.25) is 0 Å². The number of nitrogens with zero attached hydrogens (tertiary/aromatic N) is 3. The van der Waals surface area contributed by atoms with Gasteiger partial charge in [0.05, 0.1) is 0 Å². The fourth-order valence-electron chi connectivity index (χ4n) is 2.41. The first-order valence-electron chi connectivity index (χ1n) is 8.08. The molecular weight excluding hydrogens is 312 g/mol. The molecule has 0 aliphatic heterocycles. The zero-order valence-corrected chi connectivity index (χ0v) is 14.3. The Hall–Kier alpha value is -3.21. The summed E-state index contributed by atoms with van der Waals surface area (Å²) in [5.74, 6) is 0.451. The summed E-state index contributed by atoms with van der Waals surface area (Å²) >= 11 is 0. The van der Waals surface area contributed by atoms with Crippen molar-refractivity contribution in [3.63, 3.8) is 0 Å². The quantitative estimate of drug-likeness (QED) is 0.774. The highest BCUT2D eigenvalue weighted by molar-refractivity contribution is 6.04. The van der Waals surface area contributed by atoms with E-state index in [1.165, 1.54) is 11.9 Å². The van der Waals surface area contributed by atoms with Gasteiger partial charge in [-0.15, -0.1) is 0 Å². The number of nitrogens with one attached hydrogen (secondary N) is 1. The number of amides is 1. The van der Waals surface area contributed by atoms with E-state index in [1.807, 2.05) is 30.3 Å². The number of anilines is 2. The number of para-hydroxylation sites is 1. The number of carbonyl (C=O) groups excluding carboxylic acids is 1. The molecule has 0 saturated heterocycles. The monoisotopic (exact) mass is 332 g/mol. The summed E-state index contributed by atoms with van der Waals surface area (Å²) in [6.45, 7) is 2.70. The van der Waals surface area contributed by atoms with Crippen LogP contribution in [0.5, 0.6) is 0 Å². The van der Waals surface area contributed by atoms with Crippen LogP contribution in [-0.4, -0.2) is 22.9 Å². The predicted molar refractivity (Wildman–Crippen MR) is 99.7 cm³/mol. The molecule has 3 rings (SSSR count). The van der Waals surface area contributed by atoms with E-state index in [4.69, 9.17) is 0 Å². The van der Waals surface area contributed by atoms with Gasteiger partial charge in [-0.05, 0) is 24.6 Å². The topological polar surface area (TPSA) is 58.1 Å². The van der Waals surface area contributed by atoms with E-state index in [-0.39, 0.29) is 5.91 Å². The van der Waals surface area contributed by atoms with Crippen LogP contribution in [0.25, 0.3) is 0 Å². The van der Waals surface area contributed by atoms with Gasteiger partial charge < -0.3 is 10.2 Å². The highest BCUT2D eigenvalue weighted by Crippen LogP contribution is 2.15. The van der Waals surface area contributed by atoms with Gasteiger partial charge in [-0.3, -0.25) is 4.79 Å². The Morgan fingerprint density at radius 2 is 1.76 bits per heavy atom. The molecule has 0 bridgehead atoms. The Morgan fingerprint density at radius 1 is 1.04 bits per heavy atom. The molecule has 126 valence electrons. The van der Waals surface area contributed by atoms with E-state index in [9.17, 15) is 4.79 Å². The van der Waals surface area contributed by atoms with Crippen molar-refractivity contribution in [3.05, 3.63) is 83.8 Å². The maximum Gasteiger partial charge on any atom is 0.276 e. The molecule has 1 amide bonds. The molecule has 0 saturated carbocycles. The number of aromatic nitrogens is 2. The Labute approximate surface area is 147 Å². The second kappa shape index (κ2) is 7.57. The summed E-state index contributed by atoms with van der Waals surface area (Å²) in [4.78, 5) is 22.5. The molecule has 0 unspecified atom stereocenters. The van der Waals surface area contributed by atoms with Gasteiger partial charge in [0.15, 0.2) is 0 Å². The number of hydrogen-bond acceptors (Lipinski definition) is 4. The van der Waals surface area contributed by atoms with Crippen LogP contribution in [-0.2, 0) is 6.54 Å². The third-order valence-corrected chi connectivity index (χ3v) is 3.93. The van der Waals surface area contributed by atoms with E-state index in [2.05, 4.69) is 46.5 Å². The largest absolute Gasteiger partial charge is 0.366 e. The molecule has 0 spiro atoms. The van der Waals surface area contributed by atoms with Gasteiger partial charge in [-0.2, -0.15) is 0 Å². The second-order valence-corrected chi connectivity index (χ2v) is 5.83. The molecule has 0 aliphatic rings. The van der Waals surface area contributed by atoms with E-state index >= 15 is 0 Å². The van der Waals surface area contributed by atoms with Gasteiger partial charge in [-0.25, -0.2) is 9.97 Å². The minimum Gasteiger partial charge on any atom is -0.366 e. The molecule has 1 heterocycles. The normalized spacial score (nSPS) is 10.3. The van der Waals surface area contributed by atoms with E-state index in [0.29, 0.717) is 18.1 Å². The van der Waals surface area contributed by atoms with Crippen molar-refractivity contribution in [1.82, 2.24) is 9.97 Å². The fraction of sp³-hybridized carbons (Fsp3) is 0.150. The van der Waals surface area contributed by atoms with Crippen LogP contribution in [0, 0.1) is 6.92 Å². The Bertz CT molecular complexity index is 847. The van der Waals surface area contributed by atoms with Crippen molar-refractivity contribution in [1.29, 1.82) is 0 Å². The Morgan fingerprint density at radius 3 is 2.48 bits per heavy atom. The molecule has 0 fully saturated rings. The van der Waals surface area contributed by atoms with Gasteiger partial charge in [0.1, 0.15) is 17.8 Å². The molecule has 3 aromatic rings. The lowest BCUT2D eigenvalue weighted by atomic mass is 10.1. The molecular formula is C20H20N4O. The van der Waals surface area contributed by atoms with E-state index in [0.717, 1.165) is 11.3 Å². The fourth-order valence-corrected chi connectivity index (χ4v) is 2.41. The molecule has 0 radical (unpaired) electrons. The van der Waals surface area contributed by atoms with Crippen molar-refractivity contribution >= 4 is 17.4 Å². The van der Waals surface area contributed by atoms with Crippen LogP contribution in [0.3, 0.4) is 0 Å². The van der Waals surface area contributed by atoms with Crippen molar-refractivity contribution in [2.24, 2.45) is 0 Å². The summed E-state index contributed by atoms with van der Waals surface area (Å²) in [7, 11) is 1.74.